The third-order valence-corrected chi connectivity index (χ3v) is 1.83. The zero-order valence-corrected chi connectivity index (χ0v) is 6.44. The van der Waals surface area contributed by atoms with Crippen LogP contribution in [0.5, 0.6) is 0 Å². The minimum atomic E-state index is 0.177. The van der Waals surface area contributed by atoms with Crippen LogP contribution < -0.4 is 11.6 Å². The van der Waals surface area contributed by atoms with Crippen molar-refractivity contribution in [2.24, 2.45) is 21.9 Å². The van der Waals surface area contributed by atoms with E-state index in [2.05, 4.69) is 10.3 Å². The van der Waals surface area contributed by atoms with Crippen LogP contribution in [-0.4, -0.2) is 25.3 Å². The van der Waals surface area contributed by atoms with Crippen molar-refractivity contribution in [3.05, 3.63) is 0 Å². The Kier molecular flexibility index (Phi) is 3.25. The Morgan fingerprint density at radius 2 is 2.09 bits per heavy atom. The molecule has 0 radical (unpaired) electrons. The van der Waals surface area contributed by atoms with Gasteiger partial charge < -0.3 is 16.3 Å². The first-order valence-corrected chi connectivity index (χ1v) is 3.79. The summed E-state index contributed by atoms with van der Waals surface area (Å²) in [5, 5.41) is 6.82. The monoisotopic (exact) mass is 158 g/mol. The van der Waals surface area contributed by atoms with Gasteiger partial charge in [0, 0.05) is 6.54 Å². The molecule has 5 heteroatoms. The molecule has 0 spiro atoms. The SMILES string of the molecule is NCC1CCC(CN=NN)O1. The molecule has 2 unspecified atom stereocenters. The molecule has 1 rings (SSSR count). The van der Waals surface area contributed by atoms with Crippen molar-refractivity contribution in [1.29, 1.82) is 0 Å². The fourth-order valence-electron chi connectivity index (χ4n) is 1.23. The lowest BCUT2D eigenvalue weighted by Crippen LogP contribution is -2.21. The molecule has 2 atom stereocenters. The zero-order chi connectivity index (χ0) is 8.10. The fourth-order valence-corrected chi connectivity index (χ4v) is 1.23. The second kappa shape index (κ2) is 4.25. The molecular weight excluding hydrogens is 144 g/mol. The average Bonchev–Trinajstić information content (AvgIpc) is 2.48. The Morgan fingerprint density at radius 3 is 2.64 bits per heavy atom. The highest BCUT2D eigenvalue weighted by molar-refractivity contribution is 4.74. The van der Waals surface area contributed by atoms with Gasteiger partial charge in [-0.3, -0.25) is 0 Å². The van der Waals surface area contributed by atoms with Gasteiger partial charge in [0.25, 0.3) is 0 Å². The maximum absolute atomic E-state index is 5.48. The minimum Gasteiger partial charge on any atom is -0.372 e. The molecule has 1 saturated heterocycles. The molecule has 0 aliphatic carbocycles. The number of hydrogen-bond donors (Lipinski definition) is 2. The van der Waals surface area contributed by atoms with Crippen LogP contribution in [0.4, 0.5) is 0 Å². The largest absolute Gasteiger partial charge is 0.372 e. The molecular formula is C6H14N4O. The third-order valence-electron chi connectivity index (χ3n) is 1.83. The standard InChI is InChI=1S/C6H14N4O/c7-3-5-1-2-6(11-5)4-9-10-8/h5-6H,1-4,7H2,(H2,8,9). The number of rotatable bonds is 3. The number of nitrogens with two attached hydrogens (primary N) is 2. The van der Waals surface area contributed by atoms with E-state index in [0.717, 1.165) is 12.8 Å². The van der Waals surface area contributed by atoms with Crippen molar-refractivity contribution in [2.45, 2.75) is 25.0 Å². The van der Waals surface area contributed by atoms with Crippen LogP contribution in [-0.2, 0) is 4.74 Å². The molecule has 1 fully saturated rings. The van der Waals surface area contributed by atoms with Crippen molar-refractivity contribution in [3.63, 3.8) is 0 Å². The van der Waals surface area contributed by atoms with Gasteiger partial charge in [-0.25, -0.2) is 0 Å². The van der Waals surface area contributed by atoms with Crippen molar-refractivity contribution >= 4 is 0 Å². The molecule has 1 aliphatic heterocycles. The van der Waals surface area contributed by atoms with E-state index in [9.17, 15) is 0 Å². The molecule has 0 aromatic rings. The average molecular weight is 158 g/mol. The Morgan fingerprint density at radius 1 is 1.36 bits per heavy atom. The molecule has 0 saturated carbocycles. The second-order valence-electron chi connectivity index (χ2n) is 2.63. The van der Waals surface area contributed by atoms with E-state index >= 15 is 0 Å². The lowest BCUT2D eigenvalue weighted by atomic mass is 10.2. The molecule has 1 heterocycles. The molecule has 4 N–H and O–H groups in total. The molecule has 0 aromatic carbocycles. The lowest BCUT2D eigenvalue weighted by molar-refractivity contribution is 0.0549. The van der Waals surface area contributed by atoms with Crippen molar-refractivity contribution < 1.29 is 4.74 Å². The summed E-state index contributed by atoms with van der Waals surface area (Å²) < 4.78 is 5.48. The molecule has 0 amide bonds. The Labute approximate surface area is 65.8 Å². The molecule has 11 heavy (non-hydrogen) atoms. The van der Waals surface area contributed by atoms with E-state index in [0.29, 0.717) is 13.1 Å². The lowest BCUT2D eigenvalue weighted by Gasteiger charge is -2.08. The topological polar surface area (TPSA) is 86.0 Å². The third kappa shape index (κ3) is 2.44. The highest BCUT2D eigenvalue weighted by atomic mass is 16.5. The molecule has 0 bridgehead atoms. The van der Waals surface area contributed by atoms with Crippen molar-refractivity contribution in [2.75, 3.05) is 13.1 Å². The Balaban J connectivity index is 2.19. The first-order chi connectivity index (χ1) is 5.36. The van der Waals surface area contributed by atoms with Crippen molar-refractivity contribution in [1.82, 2.24) is 0 Å². The fraction of sp³-hybridized carbons (Fsp3) is 1.00. The summed E-state index contributed by atoms with van der Waals surface area (Å²) >= 11 is 0. The van der Waals surface area contributed by atoms with Crippen LogP contribution in [0, 0.1) is 0 Å². The van der Waals surface area contributed by atoms with Gasteiger partial charge >= 0.3 is 0 Å². The predicted molar refractivity (Wildman–Crippen MR) is 40.9 cm³/mol. The van der Waals surface area contributed by atoms with E-state index in [1.807, 2.05) is 0 Å². The maximum Gasteiger partial charge on any atom is 0.0882 e. The maximum atomic E-state index is 5.48. The van der Waals surface area contributed by atoms with Gasteiger partial charge in [-0.15, -0.1) is 0 Å². The summed E-state index contributed by atoms with van der Waals surface area (Å²) in [5.74, 6) is 4.85. The van der Waals surface area contributed by atoms with E-state index in [1.54, 1.807) is 0 Å². The highest BCUT2D eigenvalue weighted by Crippen LogP contribution is 2.18. The summed E-state index contributed by atoms with van der Waals surface area (Å²) in [5.41, 5.74) is 5.42. The second-order valence-corrected chi connectivity index (χ2v) is 2.63. The summed E-state index contributed by atoms with van der Waals surface area (Å²) in [6.45, 7) is 1.16. The van der Waals surface area contributed by atoms with Crippen LogP contribution in [0.25, 0.3) is 0 Å². The van der Waals surface area contributed by atoms with Gasteiger partial charge in [0.1, 0.15) is 0 Å². The Bertz CT molecular complexity index is 139. The van der Waals surface area contributed by atoms with Gasteiger partial charge in [0.05, 0.1) is 18.8 Å². The number of nitrogens with zero attached hydrogens (tertiary/aromatic N) is 2. The van der Waals surface area contributed by atoms with Crippen LogP contribution >= 0.6 is 0 Å². The zero-order valence-electron chi connectivity index (χ0n) is 6.44. The quantitative estimate of drug-likeness (QED) is 0.339. The van der Waals surface area contributed by atoms with Gasteiger partial charge in [-0.2, -0.15) is 5.11 Å². The van der Waals surface area contributed by atoms with Crippen LogP contribution in [0.15, 0.2) is 10.3 Å². The van der Waals surface area contributed by atoms with Gasteiger partial charge in [0.2, 0.25) is 0 Å². The summed E-state index contributed by atoms with van der Waals surface area (Å²) in [7, 11) is 0. The van der Waals surface area contributed by atoms with Gasteiger partial charge in [-0.1, -0.05) is 5.22 Å². The normalized spacial score (nSPS) is 31.7. The van der Waals surface area contributed by atoms with E-state index < -0.39 is 0 Å². The van der Waals surface area contributed by atoms with Crippen LogP contribution in [0.2, 0.25) is 0 Å². The summed E-state index contributed by atoms with van der Waals surface area (Å²) in [6, 6.07) is 0. The Hall–Kier alpha value is -0.680. The molecule has 64 valence electrons. The highest BCUT2D eigenvalue weighted by Gasteiger charge is 2.23. The summed E-state index contributed by atoms with van der Waals surface area (Å²) in [6.07, 6.45) is 2.44. The molecule has 5 nitrogen and oxygen atoms in total. The van der Waals surface area contributed by atoms with E-state index in [-0.39, 0.29) is 12.2 Å². The minimum absolute atomic E-state index is 0.177. The molecule has 0 aromatic heterocycles. The van der Waals surface area contributed by atoms with E-state index in [4.69, 9.17) is 16.3 Å². The van der Waals surface area contributed by atoms with Crippen LogP contribution in [0.3, 0.4) is 0 Å². The number of hydrogen-bond acceptors (Lipinski definition) is 4. The van der Waals surface area contributed by atoms with Gasteiger partial charge in [-0.05, 0) is 12.8 Å². The predicted octanol–water partition coefficient (Wildman–Crippen LogP) is -0.181. The first-order valence-electron chi connectivity index (χ1n) is 3.79. The molecule has 1 aliphatic rings. The smallest absolute Gasteiger partial charge is 0.0882 e. The summed E-state index contributed by atoms with van der Waals surface area (Å²) in [4.78, 5) is 0. The first kappa shape index (κ1) is 8.42. The van der Waals surface area contributed by atoms with E-state index in [1.165, 1.54) is 0 Å². The van der Waals surface area contributed by atoms with Crippen molar-refractivity contribution in [3.8, 4) is 0 Å². The number of ether oxygens (including phenoxy) is 1. The van der Waals surface area contributed by atoms with Crippen LogP contribution in [0.1, 0.15) is 12.8 Å². The van der Waals surface area contributed by atoms with Gasteiger partial charge in [0.15, 0.2) is 0 Å².